The molecule has 3 nitrogen and oxygen atoms in total. The molecule has 0 saturated carbocycles. The van der Waals surface area contributed by atoms with E-state index in [-0.39, 0.29) is 12.1 Å². The Morgan fingerprint density at radius 2 is 2.09 bits per heavy atom. The molecule has 0 amide bonds. The van der Waals surface area contributed by atoms with Gasteiger partial charge in [0.05, 0.1) is 13.2 Å². The van der Waals surface area contributed by atoms with Crippen molar-refractivity contribution in [2.75, 3.05) is 26.4 Å². The van der Waals surface area contributed by atoms with Gasteiger partial charge in [-0.05, 0) is 20.8 Å². The lowest BCUT2D eigenvalue weighted by Gasteiger charge is -2.23. The summed E-state index contributed by atoms with van der Waals surface area (Å²) in [5.41, 5.74) is -0.183. The maximum atomic E-state index is 8.85. The molecule has 0 aromatic carbocycles. The van der Waals surface area contributed by atoms with Crippen molar-refractivity contribution in [1.82, 2.24) is 5.32 Å². The molecule has 0 unspecified atom stereocenters. The molecule has 0 fully saturated rings. The maximum absolute atomic E-state index is 8.85. The van der Waals surface area contributed by atoms with Crippen LogP contribution >= 0.6 is 0 Å². The predicted octanol–water partition coefficient (Wildman–Crippen LogP) is 0.383. The Hall–Kier alpha value is -0.120. The summed E-state index contributed by atoms with van der Waals surface area (Å²) in [6.45, 7) is 8.29. The summed E-state index contributed by atoms with van der Waals surface area (Å²) in [6.07, 6.45) is 0. The van der Waals surface area contributed by atoms with Crippen LogP contribution in [0.25, 0.3) is 0 Å². The Morgan fingerprint density at radius 3 is 2.55 bits per heavy atom. The number of rotatable bonds is 6. The lowest BCUT2D eigenvalue weighted by atomic mass is 10.1. The van der Waals surface area contributed by atoms with E-state index in [1.165, 1.54) is 0 Å². The van der Waals surface area contributed by atoms with Gasteiger partial charge in [-0.15, -0.1) is 0 Å². The van der Waals surface area contributed by atoms with E-state index in [2.05, 4.69) is 5.32 Å². The largest absolute Gasteiger partial charge is 0.394 e. The fourth-order valence-electron chi connectivity index (χ4n) is 0.662. The smallest absolute Gasteiger partial charge is 0.0607 e. The Balaban J connectivity index is 3.23. The van der Waals surface area contributed by atoms with Crippen molar-refractivity contribution in [3.8, 4) is 0 Å². The summed E-state index contributed by atoms with van der Waals surface area (Å²) >= 11 is 0. The molecule has 3 heteroatoms. The minimum absolute atomic E-state index is 0.152. The lowest BCUT2D eigenvalue weighted by molar-refractivity contribution is 0.129. The normalized spacial score (nSPS) is 12.0. The molecule has 0 aliphatic carbocycles. The third-order valence-corrected chi connectivity index (χ3v) is 1.45. The van der Waals surface area contributed by atoms with Crippen LogP contribution in [0.15, 0.2) is 0 Å². The molecule has 2 N–H and O–H groups in total. The van der Waals surface area contributed by atoms with Gasteiger partial charge in [-0.1, -0.05) is 0 Å². The van der Waals surface area contributed by atoms with E-state index in [9.17, 15) is 0 Å². The van der Waals surface area contributed by atoms with Crippen LogP contribution in [-0.2, 0) is 4.74 Å². The zero-order valence-corrected chi connectivity index (χ0v) is 7.68. The van der Waals surface area contributed by atoms with Crippen molar-refractivity contribution in [2.45, 2.75) is 26.3 Å². The van der Waals surface area contributed by atoms with E-state index >= 15 is 0 Å². The van der Waals surface area contributed by atoms with Crippen molar-refractivity contribution >= 4 is 0 Å². The fourth-order valence-corrected chi connectivity index (χ4v) is 0.662. The number of hydrogen-bond donors (Lipinski definition) is 2. The first-order valence-corrected chi connectivity index (χ1v) is 4.06. The quantitative estimate of drug-likeness (QED) is 0.553. The molecular weight excluding hydrogens is 142 g/mol. The molecule has 0 aliphatic heterocycles. The van der Waals surface area contributed by atoms with Crippen LogP contribution < -0.4 is 5.32 Å². The molecular formula is C8H19NO2. The highest BCUT2D eigenvalue weighted by Crippen LogP contribution is 1.97. The van der Waals surface area contributed by atoms with Crippen molar-refractivity contribution < 1.29 is 9.84 Å². The summed E-state index contributed by atoms with van der Waals surface area (Å²) in [6, 6.07) is 0. The molecule has 0 atom stereocenters. The first kappa shape index (κ1) is 10.9. The van der Waals surface area contributed by atoms with E-state index in [0.717, 1.165) is 13.2 Å². The number of nitrogens with one attached hydrogen (secondary N) is 1. The molecule has 0 bridgehead atoms. The first-order valence-electron chi connectivity index (χ1n) is 4.06. The van der Waals surface area contributed by atoms with E-state index in [1.54, 1.807) is 0 Å². The highest BCUT2D eigenvalue weighted by atomic mass is 16.5. The summed E-state index contributed by atoms with van der Waals surface area (Å²) < 4.78 is 5.13. The molecule has 68 valence electrons. The Kier molecular flexibility index (Phi) is 5.46. The number of aliphatic hydroxyl groups excluding tert-OH is 1. The molecule has 0 aromatic rings. The molecule has 0 rings (SSSR count). The zero-order valence-electron chi connectivity index (χ0n) is 7.68. The average molecular weight is 161 g/mol. The fraction of sp³-hybridized carbons (Fsp3) is 1.00. The highest BCUT2D eigenvalue weighted by Gasteiger charge is 2.13. The number of aliphatic hydroxyl groups is 1. The van der Waals surface area contributed by atoms with E-state index < -0.39 is 0 Å². The van der Waals surface area contributed by atoms with E-state index in [1.807, 2.05) is 20.8 Å². The highest BCUT2D eigenvalue weighted by molar-refractivity contribution is 4.75. The summed E-state index contributed by atoms with van der Waals surface area (Å²) in [4.78, 5) is 0. The van der Waals surface area contributed by atoms with Gasteiger partial charge >= 0.3 is 0 Å². The Labute approximate surface area is 68.8 Å². The SMILES string of the molecule is CCOCCNC(C)(C)CO. The second-order valence-corrected chi connectivity index (χ2v) is 3.17. The average Bonchev–Trinajstić information content (AvgIpc) is 1.99. The standard InChI is InChI=1S/C8H19NO2/c1-4-11-6-5-9-8(2,3)7-10/h9-10H,4-7H2,1-3H3. The summed E-state index contributed by atoms with van der Waals surface area (Å²) in [5, 5.41) is 12.0. The predicted molar refractivity (Wildman–Crippen MR) is 45.7 cm³/mol. The Bertz CT molecular complexity index is 94.1. The van der Waals surface area contributed by atoms with Gasteiger partial charge in [0.25, 0.3) is 0 Å². The van der Waals surface area contributed by atoms with Gasteiger partial charge in [0.1, 0.15) is 0 Å². The number of ether oxygens (including phenoxy) is 1. The van der Waals surface area contributed by atoms with Gasteiger partial charge in [-0.3, -0.25) is 0 Å². The monoisotopic (exact) mass is 161 g/mol. The minimum atomic E-state index is -0.183. The second-order valence-electron chi connectivity index (χ2n) is 3.17. The summed E-state index contributed by atoms with van der Waals surface area (Å²) in [5.74, 6) is 0. The van der Waals surface area contributed by atoms with Crippen molar-refractivity contribution in [3.05, 3.63) is 0 Å². The van der Waals surface area contributed by atoms with Crippen LogP contribution in [0.2, 0.25) is 0 Å². The molecule has 0 aromatic heterocycles. The lowest BCUT2D eigenvalue weighted by Crippen LogP contribution is -2.44. The van der Waals surface area contributed by atoms with Gasteiger partial charge in [0.2, 0.25) is 0 Å². The molecule has 0 heterocycles. The van der Waals surface area contributed by atoms with Crippen molar-refractivity contribution in [2.24, 2.45) is 0 Å². The molecule has 11 heavy (non-hydrogen) atoms. The number of hydrogen-bond acceptors (Lipinski definition) is 3. The van der Waals surface area contributed by atoms with Crippen LogP contribution in [0, 0.1) is 0 Å². The molecule has 0 radical (unpaired) electrons. The van der Waals surface area contributed by atoms with Crippen LogP contribution in [0.5, 0.6) is 0 Å². The molecule has 0 spiro atoms. The minimum Gasteiger partial charge on any atom is -0.394 e. The zero-order chi connectivity index (χ0) is 8.74. The van der Waals surface area contributed by atoms with Crippen LogP contribution in [-0.4, -0.2) is 37.0 Å². The third kappa shape index (κ3) is 6.28. The third-order valence-electron chi connectivity index (χ3n) is 1.45. The maximum Gasteiger partial charge on any atom is 0.0607 e. The van der Waals surface area contributed by atoms with Crippen LogP contribution in [0.3, 0.4) is 0 Å². The van der Waals surface area contributed by atoms with Crippen LogP contribution in [0.1, 0.15) is 20.8 Å². The van der Waals surface area contributed by atoms with Gasteiger partial charge in [0.15, 0.2) is 0 Å². The molecule has 0 saturated heterocycles. The van der Waals surface area contributed by atoms with Gasteiger partial charge < -0.3 is 15.2 Å². The second kappa shape index (κ2) is 5.52. The molecule has 0 aliphatic rings. The van der Waals surface area contributed by atoms with E-state index in [4.69, 9.17) is 9.84 Å². The van der Waals surface area contributed by atoms with Crippen molar-refractivity contribution in [3.63, 3.8) is 0 Å². The Morgan fingerprint density at radius 1 is 1.45 bits per heavy atom. The summed E-state index contributed by atoms with van der Waals surface area (Å²) in [7, 11) is 0. The van der Waals surface area contributed by atoms with Crippen LogP contribution in [0.4, 0.5) is 0 Å². The van der Waals surface area contributed by atoms with Gasteiger partial charge in [-0.2, -0.15) is 0 Å². The topological polar surface area (TPSA) is 41.5 Å². The first-order chi connectivity index (χ1) is 5.12. The van der Waals surface area contributed by atoms with Gasteiger partial charge in [0, 0.05) is 18.7 Å². The van der Waals surface area contributed by atoms with Gasteiger partial charge in [-0.25, -0.2) is 0 Å². The van der Waals surface area contributed by atoms with Crippen molar-refractivity contribution in [1.29, 1.82) is 0 Å². The van der Waals surface area contributed by atoms with E-state index in [0.29, 0.717) is 6.61 Å².